The normalized spacial score (nSPS) is 14.8. The molecule has 0 saturated carbocycles. The molecule has 0 fully saturated rings. The molecule has 0 heterocycles. The van der Waals surface area contributed by atoms with Gasteiger partial charge in [0.15, 0.2) is 0 Å². The highest BCUT2D eigenvalue weighted by atomic mass is 13.9. The van der Waals surface area contributed by atoms with Gasteiger partial charge in [-0.3, -0.25) is 0 Å². The summed E-state index contributed by atoms with van der Waals surface area (Å²) in [7, 11) is 0. The maximum Gasteiger partial charge on any atom is -0.113 e. The maximum absolute atomic E-state index is 6.31. The van der Waals surface area contributed by atoms with E-state index in [2.05, 4.69) is 17.9 Å². The van der Waals surface area contributed by atoms with Crippen molar-refractivity contribution >= 4 is 0 Å². The highest BCUT2D eigenvalue weighted by molar-refractivity contribution is 5.31. The summed E-state index contributed by atoms with van der Waals surface area (Å²) in [6.07, 6.45) is 5.10. The van der Waals surface area contributed by atoms with Gasteiger partial charge in [0, 0.05) is 0 Å². The van der Waals surface area contributed by atoms with Crippen LogP contribution >= 0.6 is 0 Å². The van der Waals surface area contributed by atoms with Crippen molar-refractivity contribution in [1.29, 1.82) is 0 Å². The third-order valence-corrected chi connectivity index (χ3v) is 0.375. The quantitative estimate of drug-likeness (QED) is 0.283. The molecule has 0 nitrogen and oxygen atoms in total. The molecule has 21 valence electrons. The van der Waals surface area contributed by atoms with Crippen molar-refractivity contribution in [3.8, 4) is 0 Å². The van der Waals surface area contributed by atoms with Gasteiger partial charge in [-0.1, -0.05) is 0 Å². The van der Waals surface area contributed by atoms with Crippen molar-refractivity contribution in [2.24, 2.45) is 0 Å². The second-order valence-corrected chi connectivity index (χ2v) is 0.750. The van der Waals surface area contributed by atoms with E-state index in [1.807, 2.05) is 0 Å². The Morgan fingerprint density at radius 1 is 1.60 bits per heavy atom. The van der Waals surface area contributed by atoms with E-state index in [9.17, 15) is 0 Å². The number of rotatable bonds is 0. The molecule has 0 aromatic carbocycles. The van der Waals surface area contributed by atoms with Gasteiger partial charge in [0.2, 0.25) is 0 Å². The maximum atomic E-state index is 6.31. The fraction of sp³-hybridized carbons (Fsp3) is 0. The molecular weight excluding hydrogens is 60.1 g/mol. The minimum absolute atomic E-state index is 0.671. The lowest BCUT2D eigenvalue weighted by molar-refractivity contribution is 2.02. The summed E-state index contributed by atoms with van der Waals surface area (Å²) >= 11 is 0. The van der Waals surface area contributed by atoms with E-state index >= 15 is 0 Å². The van der Waals surface area contributed by atoms with Crippen LogP contribution in [0.2, 0.25) is 0 Å². The zero-order chi connectivity index (χ0) is 3.70. The minimum atomic E-state index is 0.671. The van der Waals surface area contributed by atoms with Gasteiger partial charge >= 0.3 is 0 Å². The van der Waals surface area contributed by atoms with Crippen molar-refractivity contribution in [2.45, 2.75) is 0 Å². The summed E-state index contributed by atoms with van der Waals surface area (Å²) in [6, 6.07) is 0. The Morgan fingerprint density at radius 3 is 2.20 bits per heavy atom. The first-order chi connectivity index (χ1) is 2.43. The SMILES string of the molecule is [C-]=C=C1[C]=[C]1. The van der Waals surface area contributed by atoms with E-state index in [1.54, 1.807) is 0 Å². The van der Waals surface area contributed by atoms with Crippen LogP contribution in [-0.4, -0.2) is 0 Å². The monoisotopic (exact) mass is 60.0 g/mol. The smallest absolute Gasteiger partial charge is 0.113 e. The van der Waals surface area contributed by atoms with E-state index in [4.69, 9.17) is 6.58 Å². The van der Waals surface area contributed by atoms with Gasteiger partial charge in [-0.05, 0) is 0 Å². The highest BCUT2D eigenvalue weighted by Gasteiger charge is 1.80. The second kappa shape index (κ2) is 0.602. The van der Waals surface area contributed by atoms with Crippen LogP contribution < -0.4 is 0 Å². The summed E-state index contributed by atoms with van der Waals surface area (Å²) in [6.45, 7) is 6.31. The third-order valence-electron chi connectivity index (χ3n) is 0.375. The van der Waals surface area contributed by atoms with Crippen LogP contribution in [0.1, 0.15) is 0 Å². The van der Waals surface area contributed by atoms with Crippen LogP contribution in [0.4, 0.5) is 0 Å². The standard InChI is InChI=1S/C5/c1-2-5-3-4-5/q-1. The molecule has 0 spiro atoms. The minimum Gasteiger partial charge on any atom is -0.339 e. The lowest BCUT2D eigenvalue weighted by Gasteiger charge is -1.60. The van der Waals surface area contributed by atoms with Gasteiger partial charge in [-0.2, -0.15) is 0 Å². The third kappa shape index (κ3) is 0.285. The molecule has 0 amide bonds. The zero-order valence-corrected chi connectivity index (χ0v) is 2.50. The molecule has 5 heavy (non-hydrogen) atoms. The van der Waals surface area contributed by atoms with Gasteiger partial charge in [0.1, 0.15) is 0 Å². The molecule has 0 aromatic rings. The molecule has 0 aliphatic heterocycles. The summed E-state index contributed by atoms with van der Waals surface area (Å²) in [4.78, 5) is 0. The summed E-state index contributed by atoms with van der Waals surface area (Å²) in [5, 5.41) is 0. The Morgan fingerprint density at radius 2 is 2.20 bits per heavy atom. The lowest BCUT2D eigenvalue weighted by Crippen LogP contribution is -1.28. The summed E-state index contributed by atoms with van der Waals surface area (Å²) < 4.78 is 0. The van der Waals surface area contributed by atoms with Crippen molar-refractivity contribution in [3.63, 3.8) is 0 Å². The first kappa shape index (κ1) is 2.49. The average molecular weight is 60.1 g/mol. The van der Waals surface area contributed by atoms with Crippen molar-refractivity contribution in [2.75, 3.05) is 0 Å². The van der Waals surface area contributed by atoms with E-state index in [0.29, 0.717) is 5.57 Å². The Hall–Kier alpha value is -0.740. The van der Waals surface area contributed by atoms with Crippen molar-refractivity contribution in [1.82, 2.24) is 0 Å². The molecule has 1 rings (SSSR count). The predicted octanol–water partition coefficient (Wildman–Crippen LogP) is 0.554. The predicted molar refractivity (Wildman–Crippen MR) is 16.8 cm³/mol. The van der Waals surface area contributed by atoms with Crippen molar-refractivity contribution in [3.05, 3.63) is 30.0 Å². The van der Waals surface area contributed by atoms with E-state index in [1.165, 1.54) is 0 Å². The molecular formula is C5-. The fourth-order valence-corrected chi connectivity index (χ4v) is 0.0938. The topological polar surface area (TPSA) is 0 Å². The summed E-state index contributed by atoms with van der Waals surface area (Å²) in [5.41, 5.74) is 2.75. The first-order valence-electron chi connectivity index (χ1n) is 1.25. The number of allylic oxidation sites excluding steroid dienone is 3. The number of hydrogen-bond acceptors (Lipinski definition) is 0. The van der Waals surface area contributed by atoms with Gasteiger partial charge < -0.3 is 12.3 Å². The molecule has 0 N–H and O–H groups in total. The molecule has 0 saturated heterocycles. The number of hydrogen-bond donors (Lipinski definition) is 0. The Balaban J connectivity index is 2.90. The molecule has 0 heteroatoms. The Labute approximate surface area is 31.1 Å². The van der Waals surface area contributed by atoms with E-state index in [0.717, 1.165) is 0 Å². The molecule has 1 aliphatic rings. The first-order valence-corrected chi connectivity index (χ1v) is 1.25. The van der Waals surface area contributed by atoms with Crippen LogP contribution in [0, 0.1) is 18.7 Å². The van der Waals surface area contributed by atoms with Crippen LogP contribution in [0.5, 0.6) is 0 Å². The second-order valence-electron chi connectivity index (χ2n) is 0.750. The van der Waals surface area contributed by atoms with Gasteiger partial charge in [-0.25, -0.2) is 0 Å². The Bertz CT molecular complexity index is 104. The van der Waals surface area contributed by atoms with Crippen LogP contribution in [0.15, 0.2) is 11.3 Å². The van der Waals surface area contributed by atoms with Crippen LogP contribution in [0.25, 0.3) is 0 Å². The van der Waals surface area contributed by atoms with Gasteiger partial charge in [-0.15, -0.1) is 17.7 Å². The Kier molecular flexibility index (Phi) is 0.300. The summed E-state index contributed by atoms with van der Waals surface area (Å²) in [5.74, 6) is 0. The van der Waals surface area contributed by atoms with Crippen molar-refractivity contribution < 1.29 is 0 Å². The zero-order valence-electron chi connectivity index (χ0n) is 2.50. The molecule has 0 bridgehead atoms. The average Bonchev–Trinajstić information content (AvgIpc) is 2.12. The molecule has 0 atom stereocenters. The molecule has 0 unspecified atom stereocenters. The highest BCUT2D eigenvalue weighted by Crippen LogP contribution is 2.05. The van der Waals surface area contributed by atoms with Gasteiger partial charge in [0.05, 0.1) is 0 Å². The van der Waals surface area contributed by atoms with Crippen LogP contribution in [-0.2, 0) is 0 Å². The van der Waals surface area contributed by atoms with E-state index < -0.39 is 0 Å². The van der Waals surface area contributed by atoms with Gasteiger partial charge in [0.25, 0.3) is 0 Å². The molecule has 3 radical (unpaired) electrons. The largest absolute Gasteiger partial charge is 0.339 e. The fourth-order valence-electron chi connectivity index (χ4n) is 0.0938. The lowest BCUT2D eigenvalue weighted by atomic mass is 10.6. The molecule has 0 aromatic heterocycles. The van der Waals surface area contributed by atoms with Crippen LogP contribution in [0.3, 0.4) is 0 Å². The van der Waals surface area contributed by atoms with E-state index in [-0.39, 0.29) is 0 Å². The molecule has 1 aliphatic carbocycles.